The fourth-order valence-corrected chi connectivity index (χ4v) is 2.22. The van der Waals surface area contributed by atoms with Crippen molar-refractivity contribution in [1.82, 2.24) is 9.97 Å². The molecule has 2 aromatic rings. The summed E-state index contributed by atoms with van der Waals surface area (Å²) in [6.07, 6.45) is 5.45. The van der Waals surface area contributed by atoms with E-state index in [-0.39, 0.29) is 16.9 Å². The lowest BCUT2D eigenvalue weighted by Crippen LogP contribution is -2.09. The molecule has 0 aliphatic heterocycles. The highest BCUT2D eigenvalue weighted by Gasteiger charge is 2.10. The van der Waals surface area contributed by atoms with Crippen molar-refractivity contribution < 1.29 is 4.79 Å². The molecule has 5 N–H and O–H groups in total. The number of aliphatic imine (C=N–C) groups is 1. The van der Waals surface area contributed by atoms with Crippen LogP contribution in [0, 0.1) is 0 Å². The number of nitrogens with zero attached hydrogens (tertiary/aromatic N) is 3. The Morgan fingerprint density at radius 3 is 2.74 bits per heavy atom. The van der Waals surface area contributed by atoms with Crippen molar-refractivity contribution in [2.75, 3.05) is 23.0 Å². The Labute approximate surface area is 166 Å². The third-order valence-electron chi connectivity index (χ3n) is 3.12. The van der Waals surface area contributed by atoms with Crippen molar-refractivity contribution in [2.45, 2.75) is 0 Å². The fraction of sp³-hybridized carbons (Fsp3) is 0.0588. The second-order valence-electron chi connectivity index (χ2n) is 5.04. The first kappa shape index (κ1) is 20.2. The van der Waals surface area contributed by atoms with Crippen LogP contribution in [0.25, 0.3) is 0 Å². The number of nitrogens with two attached hydrogens (primary N) is 1. The summed E-state index contributed by atoms with van der Waals surface area (Å²) < 4.78 is 0. The molecule has 0 bridgehead atoms. The molecule has 1 heterocycles. The minimum atomic E-state index is -0.339. The second-order valence-corrected chi connectivity index (χ2v) is 5.85. The topological polar surface area (TPSA) is 117 Å². The van der Waals surface area contributed by atoms with E-state index in [2.05, 4.69) is 37.5 Å². The van der Waals surface area contributed by atoms with E-state index in [1.165, 1.54) is 24.7 Å². The van der Waals surface area contributed by atoms with E-state index < -0.39 is 0 Å². The molecule has 0 radical (unpaired) electrons. The van der Waals surface area contributed by atoms with E-state index in [1.54, 1.807) is 25.2 Å². The highest BCUT2D eigenvalue weighted by Crippen LogP contribution is 2.31. The Hall–Kier alpha value is -3.10. The van der Waals surface area contributed by atoms with E-state index in [9.17, 15) is 4.79 Å². The van der Waals surface area contributed by atoms with Gasteiger partial charge in [0, 0.05) is 25.1 Å². The maximum Gasteiger partial charge on any atom is 0.247 e. The van der Waals surface area contributed by atoms with Crippen LogP contribution >= 0.6 is 23.2 Å². The van der Waals surface area contributed by atoms with Gasteiger partial charge in [-0.3, -0.25) is 9.79 Å². The minimum Gasteiger partial charge on any atom is -0.403 e. The van der Waals surface area contributed by atoms with Crippen molar-refractivity contribution in [3.8, 4) is 0 Å². The molecule has 0 aliphatic carbocycles. The van der Waals surface area contributed by atoms with Crippen molar-refractivity contribution in [2.24, 2.45) is 10.7 Å². The van der Waals surface area contributed by atoms with Gasteiger partial charge in [0.15, 0.2) is 5.82 Å². The predicted octanol–water partition coefficient (Wildman–Crippen LogP) is 3.56. The number of anilines is 4. The lowest BCUT2D eigenvalue weighted by Gasteiger charge is -2.12. The Morgan fingerprint density at radius 1 is 1.30 bits per heavy atom. The van der Waals surface area contributed by atoms with Gasteiger partial charge in [0.1, 0.15) is 5.02 Å². The molecule has 10 heteroatoms. The third-order valence-corrected chi connectivity index (χ3v) is 3.73. The summed E-state index contributed by atoms with van der Waals surface area (Å²) in [5.74, 6) is 0.229. The van der Waals surface area contributed by atoms with E-state index in [0.717, 1.165) is 0 Å². The van der Waals surface area contributed by atoms with Gasteiger partial charge in [0.2, 0.25) is 11.9 Å². The van der Waals surface area contributed by atoms with Crippen LogP contribution in [0.4, 0.5) is 23.1 Å². The molecule has 1 aromatic carbocycles. The molecule has 0 unspecified atom stereocenters. The molecule has 8 nitrogen and oxygen atoms in total. The average Bonchev–Trinajstić information content (AvgIpc) is 2.66. The van der Waals surface area contributed by atoms with Crippen LogP contribution in [-0.2, 0) is 4.79 Å². The molecular weight excluding hydrogens is 389 g/mol. The van der Waals surface area contributed by atoms with Crippen LogP contribution in [0.2, 0.25) is 10.0 Å². The molecule has 0 atom stereocenters. The SMILES string of the molecule is C=CC(=O)Nc1ccc(Cl)c(Nc2nc(N/C(C=NC)=C/N)ncc2Cl)c1. The molecule has 140 valence electrons. The normalized spacial score (nSPS) is 11.3. The summed E-state index contributed by atoms with van der Waals surface area (Å²) in [5, 5.41) is 9.27. The molecule has 27 heavy (non-hydrogen) atoms. The first-order valence-electron chi connectivity index (χ1n) is 7.60. The average molecular weight is 406 g/mol. The smallest absolute Gasteiger partial charge is 0.247 e. The van der Waals surface area contributed by atoms with Crippen molar-refractivity contribution in [3.63, 3.8) is 0 Å². The maximum absolute atomic E-state index is 11.5. The summed E-state index contributed by atoms with van der Waals surface area (Å²) in [7, 11) is 1.61. The summed E-state index contributed by atoms with van der Waals surface area (Å²) >= 11 is 12.4. The first-order chi connectivity index (χ1) is 13.0. The van der Waals surface area contributed by atoms with E-state index in [4.69, 9.17) is 28.9 Å². The van der Waals surface area contributed by atoms with Crippen LogP contribution in [0.1, 0.15) is 0 Å². The standard InChI is InChI=1S/C17H17Cl2N7O/c1-3-15(27)23-10-4-5-12(18)14(6-10)25-16-13(19)9-22-17(26-16)24-11(7-20)8-21-2/h3-9H,1,20H2,2H3,(H,23,27)(H2,22,24,25,26)/b11-7+,21-8?. The predicted molar refractivity (Wildman–Crippen MR) is 111 cm³/mol. The Bertz CT molecular complexity index is 912. The molecular formula is C17H17Cl2N7O. The molecule has 0 spiro atoms. The van der Waals surface area contributed by atoms with Gasteiger partial charge in [-0.1, -0.05) is 29.8 Å². The summed E-state index contributed by atoms with van der Waals surface area (Å²) in [4.78, 5) is 23.7. The number of halogens is 2. The highest BCUT2D eigenvalue weighted by molar-refractivity contribution is 6.34. The monoisotopic (exact) mass is 405 g/mol. The van der Waals surface area contributed by atoms with Gasteiger partial charge >= 0.3 is 0 Å². The van der Waals surface area contributed by atoms with Crippen LogP contribution < -0.4 is 21.7 Å². The molecule has 0 fully saturated rings. The van der Waals surface area contributed by atoms with Gasteiger partial charge in [-0.2, -0.15) is 4.98 Å². The van der Waals surface area contributed by atoms with Gasteiger partial charge in [-0.15, -0.1) is 0 Å². The fourth-order valence-electron chi connectivity index (χ4n) is 1.92. The van der Waals surface area contributed by atoms with Crippen LogP contribution in [0.3, 0.4) is 0 Å². The van der Waals surface area contributed by atoms with Crippen LogP contribution in [0.5, 0.6) is 0 Å². The number of hydrogen-bond donors (Lipinski definition) is 4. The summed E-state index contributed by atoms with van der Waals surface area (Å²) in [5.41, 5.74) is 7.05. The Balaban J connectivity index is 2.28. The van der Waals surface area contributed by atoms with Gasteiger partial charge in [-0.25, -0.2) is 4.98 Å². The number of aromatic nitrogens is 2. The van der Waals surface area contributed by atoms with Crippen LogP contribution in [-0.4, -0.2) is 29.1 Å². The van der Waals surface area contributed by atoms with Crippen molar-refractivity contribution in [1.29, 1.82) is 0 Å². The number of carbonyl (C=O) groups excluding carboxylic acids is 1. The van der Waals surface area contributed by atoms with Gasteiger partial charge in [0.25, 0.3) is 0 Å². The minimum absolute atomic E-state index is 0.255. The van der Waals surface area contributed by atoms with E-state index in [1.807, 2.05) is 0 Å². The van der Waals surface area contributed by atoms with Crippen molar-refractivity contribution >= 4 is 58.5 Å². The Kier molecular flexibility index (Phi) is 7.16. The van der Waals surface area contributed by atoms with E-state index >= 15 is 0 Å². The lowest BCUT2D eigenvalue weighted by molar-refractivity contribution is -0.111. The number of rotatable bonds is 7. The highest BCUT2D eigenvalue weighted by atomic mass is 35.5. The second kappa shape index (κ2) is 9.56. The molecule has 1 amide bonds. The third kappa shape index (κ3) is 5.70. The summed E-state index contributed by atoms with van der Waals surface area (Å²) in [6, 6.07) is 4.93. The quantitative estimate of drug-likeness (QED) is 0.413. The molecule has 2 rings (SSSR count). The van der Waals surface area contributed by atoms with E-state index in [0.29, 0.717) is 27.9 Å². The van der Waals surface area contributed by atoms with Crippen molar-refractivity contribution in [3.05, 3.63) is 59.0 Å². The zero-order chi connectivity index (χ0) is 19.8. The number of allylic oxidation sites excluding steroid dienone is 1. The number of benzene rings is 1. The largest absolute Gasteiger partial charge is 0.403 e. The van der Waals surface area contributed by atoms with Gasteiger partial charge < -0.3 is 21.7 Å². The number of amides is 1. The molecule has 0 saturated heterocycles. The number of carbonyl (C=O) groups is 1. The zero-order valence-electron chi connectivity index (χ0n) is 14.3. The Morgan fingerprint density at radius 2 is 2.07 bits per heavy atom. The molecule has 1 aromatic heterocycles. The zero-order valence-corrected chi connectivity index (χ0v) is 15.8. The van der Waals surface area contributed by atoms with Gasteiger partial charge in [-0.05, 0) is 24.3 Å². The number of hydrogen-bond acceptors (Lipinski definition) is 7. The summed E-state index contributed by atoms with van der Waals surface area (Å²) in [6.45, 7) is 3.41. The molecule has 0 saturated carbocycles. The van der Waals surface area contributed by atoms with Gasteiger partial charge in [0.05, 0.1) is 22.6 Å². The first-order valence-corrected chi connectivity index (χ1v) is 8.36. The van der Waals surface area contributed by atoms with Crippen LogP contribution in [0.15, 0.2) is 53.9 Å². The number of nitrogens with one attached hydrogen (secondary N) is 3. The maximum atomic E-state index is 11.5. The molecule has 0 aliphatic rings. The lowest BCUT2D eigenvalue weighted by atomic mass is 10.2.